The van der Waals surface area contributed by atoms with Crippen LogP contribution in [0.15, 0.2) is 53.4 Å². The molecule has 0 saturated carbocycles. The number of anilines is 1. The minimum Gasteiger partial charge on any atom is -0.497 e. The molecule has 2 aromatic rings. The number of nitrogens with one attached hydrogen (secondary N) is 1. The van der Waals surface area contributed by atoms with Crippen LogP contribution in [0.25, 0.3) is 0 Å². The summed E-state index contributed by atoms with van der Waals surface area (Å²) in [7, 11) is 1.61. The fourth-order valence-corrected chi connectivity index (χ4v) is 3.38. The first-order valence-corrected chi connectivity index (χ1v) is 8.76. The molecule has 2 aromatic carbocycles. The van der Waals surface area contributed by atoms with Crippen LogP contribution in [-0.4, -0.2) is 18.8 Å². The van der Waals surface area contributed by atoms with E-state index in [9.17, 15) is 4.79 Å². The third-order valence-electron chi connectivity index (χ3n) is 3.41. The Morgan fingerprint density at radius 1 is 1.17 bits per heavy atom. The average Bonchev–Trinajstić information content (AvgIpc) is 2.55. The second-order valence-corrected chi connectivity index (χ2v) is 6.85. The molecule has 0 atom stereocenters. The molecule has 0 aliphatic carbocycles. The van der Waals surface area contributed by atoms with Crippen LogP contribution >= 0.6 is 11.8 Å². The topological polar surface area (TPSA) is 38.3 Å². The Morgan fingerprint density at radius 2 is 1.96 bits per heavy atom. The van der Waals surface area contributed by atoms with Gasteiger partial charge in [-0.2, -0.15) is 0 Å². The van der Waals surface area contributed by atoms with Gasteiger partial charge in [-0.3, -0.25) is 4.79 Å². The molecule has 0 aromatic heterocycles. The van der Waals surface area contributed by atoms with Crippen molar-refractivity contribution in [1.29, 1.82) is 0 Å². The molecular formula is C19H23NO2S. The van der Waals surface area contributed by atoms with Gasteiger partial charge >= 0.3 is 0 Å². The third kappa shape index (κ3) is 5.32. The number of hydrogen-bond donors (Lipinski definition) is 1. The first kappa shape index (κ1) is 17.4. The van der Waals surface area contributed by atoms with Gasteiger partial charge in [-0.1, -0.05) is 32.0 Å². The van der Waals surface area contributed by atoms with Gasteiger partial charge in [-0.05, 0) is 42.4 Å². The molecule has 23 heavy (non-hydrogen) atoms. The van der Waals surface area contributed by atoms with E-state index < -0.39 is 0 Å². The minimum atomic E-state index is -0.0918. The van der Waals surface area contributed by atoms with Crippen molar-refractivity contribution in [2.45, 2.75) is 25.2 Å². The first-order chi connectivity index (χ1) is 11.1. The molecule has 0 bridgehead atoms. The van der Waals surface area contributed by atoms with Crippen LogP contribution in [0.3, 0.4) is 0 Å². The number of amides is 1. The predicted molar refractivity (Wildman–Crippen MR) is 97.6 cm³/mol. The molecule has 0 heterocycles. The molecule has 3 nitrogen and oxygen atoms in total. The summed E-state index contributed by atoms with van der Waals surface area (Å²) in [5, 5.41) is 2.94. The van der Waals surface area contributed by atoms with Crippen molar-refractivity contribution in [2.24, 2.45) is 5.92 Å². The molecule has 1 amide bonds. The highest BCUT2D eigenvalue weighted by molar-refractivity contribution is 7.99. The van der Waals surface area contributed by atoms with E-state index in [1.807, 2.05) is 48.5 Å². The zero-order valence-electron chi connectivity index (χ0n) is 13.8. The van der Waals surface area contributed by atoms with Gasteiger partial charge < -0.3 is 10.1 Å². The summed E-state index contributed by atoms with van der Waals surface area (Å²) in [5.41, 5.74) is 1.44. The maximum Gasteiger partial charge on any atom is 0.256 e. The molecule has 0 fully saturated rings. The van der Waals surface area contributed by atoms with Gasteiger partial charge in [-0.15, -0.1) is 11.8 Å². The van der Waals surface area contributed by atoms with E-state index in [-0.39, 0.29) is 5.91 Å². The molecule has 1 N–H and O–H groups in total. The van der Waals surface area contributed by atoms with Crippen LogP contribution in [0, 0.1) is 5.92 Å². The van der Waals surface area contributed by atoms with Gasteiger partial charge in [0.25, 0.3) is 5.91 Å². The van der Waals surface area contributed by atoms with Gasteiger partial charge in [0, 0.05) is 16.6 Å². The number of carbonyl (C=O) groups excluding carboxylic acids is 1. The van der Waals surface area contributed by atoms with Crippen molar-refractivity contribution in [1.82, 2.24) is 0 Å². The zero-order valence-corrected chi connectivity index (χ0v) is 14.7. The molecule has 0 unspecified atom stereocenters. The Bertz CT molecular complexity index is 655. The van der Waals surface area contributed by atoms with Crippen molar-refractivity contribution in [3.05, 3.63) is 54.1 Å². The van der Waals surface area contributed by atoms with E-state index in [2.05, 4.69) is 19.2 Å². The molecule has 2 rings (SSSR count). The van der Waals surface area contributed by atoms with Crippen LogP contribution < -0.4 is 10.1 Å². The second kappa shape index (κ2) is 8.63. The summed E-state index contributed by atoms with van der Waals surface area (Å²) in [4.78, 5) is 13.6. The predicted octanol–water partition coefficient (Wildman–Crippen LogP) is 5.09. The molecule has 122 valence electrons. The van der Waals surface area contributed by atoms with Gasteiger partial charge in [-0.25, -0.2) is 0 Å². The monoisotopic (exact) mass is 329 g/mol. The van der Waals surface area contributed by atoms with E-state index in [4.69, 9.17) is 4.74 Å². The SMILES string of the molecule is COc1cccc(NC(=O)c2ccccc2SCCC(C)C)c1. The fourth-order valence-electron chi connectivity index (χ4n) is 2.08. The number of carbonyl (C=O) groups is 1. The molecule has 0 aliphatic heterocycles. The highest BCUT2D eigenvalue weighted by Gasteiger charge is 2.12. The lowest BCUT2D eigenvalue weighted by atomic mass is 10.2. The summed E-state index contributed by atoms with van der Waals surface area (Å²) in [5.74, 6) is 2.31. The van der Waals surface area contributed by atoms with Crippen molar-refractivity contribution in [3.8, 4) is 5.75 Å². The standard InChI is InChI=1S/C19H23NO2S/c1-14(2)11-12-23-18-10-5-4-9-17(18)19(21)20-15-7-6-8-16(13-15)22-3/h4-10,13-14H,11-12H2,1-3H3,(H,20,21). The summed E-state index contributed by atoms with van der Waals surface area (Å²) < 4.78 is 5.19. The van der Waals surface area contributed by atoms with Crippen LogP contribution in [0.2, 0.25) is 0 Å². The molecule has 4 heteroatoms. The number of ether oxygens (including phenoxy) is 1. The minimum absolute atomic E-state index is 0.0918. The quantitative estimate of drug-likeness (QED) is 0.719. The molecule has 0 radical (unpaired) electrons. The normalized spacial score (nSPS) is 10.6. The van der Waals surface area contributed by atoms with Crippen molar-refractivity contribution >= 4 is 23.4 Å². The van der Waals surface area contributed by atoms with Crippen LogP contribution in [0.1, 0.15) is 30.6 Å². The zero-order chi connectivity index (χ0) is 16.7. The summed E-state index contributed by atoms with van der Waals surface area (Å²) in [6, 6.07) is 15.1. The van der Waals surface area contributed by atoms with E-state index in [0.29, 0.717) is 11.5 Å². The summed E-state index contributed by atoms with van der Waals surface area (Å²) >= 11 is 1.74. The van der Waals surface area contributed by atoms with Crippen molar-refractivity contribution < 1.29 is 9.53 Å². The van der Waals surface area contributed by atoms with E-state index in [1.54, 1.807) is 18.9 Å². The number of thioether (sulfide) groups is 1. The number of methoxy groups -OCH3 is 1. The van der Waals surface area contributed by atoms with Gasteiger partial charge in [0.1, 0.15) is 5.75 Å². The molecule has 0 spiro atoms. The Kier molecular flexibility index (Phi) is 6.53. The highest BCUT2D eigenvalue weighted by Crippen LogP contribution is 2.26. The van der Waals surface area contributed by atoms with Crippen molar-refractivity contribution in [3.63, 3.8) is 0 Å². The number of rotatable bonds is 7. The largest absolute Gasteiger partial charge is 0.497 e. The summed E-state index contributed by atoms with van der Waals surface area (Å²) in [6.45, 7) is 4.42. The molecule has 0 saturated heterocycles. The van der Waals surface area contributed by atoms with Gasteiger partial charge in [0.2, 0.25) is 0 Å². The van der Waals surface area contributed by atoms with Gasteiger partial charge in [0.05, 0.1) is 12.7 Å². The smallest absolute Gasteiger partial charge is 0.256 e. The Hall–Kier alpha value is -1.94. The lowest BCUT2D eigenvalue weighted by molar-refractivity contribution is 0.102. The van der Waals surface area contributed by atoms with E-state index in [1.165, 1.54) is 0 Å². The Labute approximate surface area is 142 Å². The number of benzene rings is 2. The average molecular weight is 329 g/mol. The van der Waals surface area contributed by atoms with Gasteiger partial charge in [0.15, 0.2) is 0 Å². The lowest BCUT2D eigenvalue weighted by Crippen LogP contribution is -2.13. The third-order valence-corrected chi connectivity index (χ3v) is 4.52. The molecular weight excluding hydrogens is 306 g/mol. The maximum atomic E-state index is 12.6. The molecule has 0 aliphatic rings. The van der Waals surface area contributed by atoms with E-state index >= 15 is 0 Å². The Balaban J connectivity index is 2.09. The first-order valence-electron chi connectivity index (χ1n) is 7.77. The van der Waals surface area contributed by atoms with Crippen molar-refractivity contribution in [2.75, 3.05) is 18.2 Å². The lowest BCUT2D eigenvalue weighted by Gasteiger charge is -2.11. The van der Waals surface area contributed by atoms with E-state index in [0.717, 1.165) is 28.5 Å². The van der Waals surface area contributed by atoms with Crippen LogP contribution in [-0.2, 0) is 0 Å². The number of hydrogen-bond acceptors (Lipinski definition) is 3. The maximum absolute atomic E-state index is 12.6. The van der Waals surface area contributed by atoms with Crippen LogP contribution in [0.4, 0.5) is 5.69 Å². The summed E-state index contributed by atoms with van der Waals surface area (Å²) in [6.07, 6.45) is 1.14. The Morgan fingerprint density at radius 3 is 2.70 bits per heavy atom. The second-order valence-electron chi connectivity index (χ2n) is 5.71. The highest BCUT2D eigenvalue weighted by atomic mass is 32.2. The fraction of sp³-hybridized carbons (Fsp3) is 0.316. The van der Waals surface area contributed by atoms with Crippen LogP contribution in [0.5, 0.6) is 5.75 Å².